The van der Waals surface area contributed by atoms with E-state index in [1.807, 2.05) is 30.3 Å². The van der Waals surface area contributed by atoms with Gasteiger partial charge in [0.2, 0.25) is 5.91 Å². The second-order valence-corrected chi connectivity index (χ2v) is 8.24. The Morgan fingerprint density at radius 2 is 2.00 bits per heavy atom. The second-order valence-electron chi connectivity index (χ2n) is 7.31. The standard InChI is InChI=1S/C23H23N3O3S/c1-15-5-4-6-16(9-15)25-13-26-22(27)11-18(20(12-24)23(26)30-14-25)19-10-17(28-2)7-8-21(19)29-3/h4-10,18H,11,13-14H2,1-3H3/t18-/m1/s1. The summed E-state index contributed by atoms with van der Waals surface area (Å²) >= 11 is 1.53. The Bertz CT molecular complexity index is 1060. The maximum atomic E-state index is 13.1. The lowest BCUT2D eigenvalue weighted by atomic mass is 9.86. The number of benzene rings is 2. The molecular weight excluding hydrogens is 398 g/mol. The molecule has 4 rings (SSSR count). The van der Waals surface area contributed by atoms with Gasteiger partial charge in [-0.3, -0.25) is 9.69 Å². The molecule has 2 aromatic rings. The molecule has 0 N–H and O–H groups in total. The first-order valence-electron chi connectivity index (χ1n) is 9.66. The predicted molar refractivity (Wildman–Crippen MR) is 117 cm³/mol. The van der Waals surface area contributed by atoms with Crippen molar-refractivity contribution in [2.24, 2.45) is 0 Å². The van der Waals surface area contributed by atoms with Crippen LogP contribution in [0.5, 0.6) is 11.5 Å². The minimum Gasteiger partial charge on any atom is -0.497 e. The SMILES string of the molecule is COc1ccc(OC)c([C@H]2CC(=O)N3CN(c4cccc(C)c4)CSC3=C2C#N)c1. The van der Waals surface area contributed by atoms with Crippen molar-refractivity contribution in [3.8, 4) is 17.6 Å². The Morgan fingerprint density at radius 3 is 2.70 bits per heavy atom. The van der Waals surface area contributed by atoms with Gasteiger partial charge < -0.3 is 14.4 Å². The normalized spacial score (nSPS) is 18.7. The van der Waals surface area contributed by atoms with Gasteiger partial charge in [-0.15, -0.1) is 0 Å². The maximum absolute atomic E-state index is 13.1. The summed E-state index contributed by atoms with van der Waals surface area (Å²) in [5, 5.41) is 10.8. The van der Waals surface area contributed by atoms with Crippen LogP contribution in [0.3, 0.4) is 0 Å². The number of hydrogen-bond donors (Lipinski definition) is 0. The first-order chi connectivity index (χ1) is 14.5. The maximum Gasteiger partial charge on any atom is 0.229 e. The Hall–Kier alpha value is -3.11. The van der Waals surface area contributed by atoms with Crippen molar-refractivity contribution >= 4 is 23.4 Å². The van der Waals surface area contributed by atoms with Crippen LogP contribution in [-0.4, -0.2) is 37.6 Å². The van der Waals surface area contributed by atoms with Gasteiger partial charge in [0.05, 0.1) is 43.4 Å². The third-order valence-corrected chi connectivity index (χ3v) is 6.63. The Labute approximate surface area is 180 Å². The molecule has 2 aromatic carbocycles. The quantitative estimate of drug-likeness (QED) is 0.736. The highest BCUT2D eigenvalue weighted by Gasteiger charge is 2.39. The van der Waals surface area contributed by atoms with Crippen LogP contribution in [0.15, 0.2) is 53.1 Å². The predicted octanol–water partition coefficient (Wildman–Crippen LogP) is 4.23. The monoisotopic (exact) mass is 421 g/mol. The van der Waals surface area contributed by atoms with E-state index in [1.54, 1.807) is 19.1 Å². The number of methoxy groups -OCH3 is 2. The minimum atomic E-state index is -0.350. The lowest BCUT2D eigenvalue weighted by Gasteiger charge is -2.42. The van der Waals surface area contributed by atoms with Crippen molar-refractivity contribution in [2.45, 2.75) is 19.3 Å². The number of thioether (sulfide) groups is 1. The van der Waals surface area contributed by atoms with Gasteiger partial charge >= 0.3 is 0 Å². The van der Waals surface area contributed by atoms with E-state index in [0.717, 1.165) is 16.3 Å². The van der Waals surface area contributed by atoms with Crippen LogP contribution in [-0.2, 0) is 4.79 Å². The molecule has 0 unspecified atom stereocenters. The molecule has 2 aliphatic rings. The zero-order valence-electron chi connectivity index (χ0n) is 17.2. The number of aryl methyl sites for hydroxylation is 1. The molecule has 2 aliphatic heterocycles. The molecule has 30 heavy (non-hydrogen) atoms. The third-order valence-electron chi connectivity index (χ3n) is 5.47. The highest BCUT2D eigenvalue weighted by molar-refractivity contribution is 8.03. The number of nitriles is 1. The van der Waals surface area contributed by atoms with Crippen molar-refractivity contribution in [1.82, 2.24) is 4.90 Å². The van der Waals surface area contributed by atoms with Crippen LogP contribution in [0.25, 0.3) is 0 Å². The number of carbonyl (C=O) groups is 1. The van der Waals surface area contributed by atoms with Crippen molar-refractivity contribution in [3.63, 3.8) is 0 Å². The van der Waals surface area contributed by atoms with Gasteiger partial charge in [-0.05, 0) is 42.8 Å². The van der Waals surface area contributed by atoms with Gasteiger partial charge in [-0.2, -0.15) is 5.26 Å². The third kappa shape index (κ3) is 3.59. The van der Waals surface area contributed by atoms with Crippen LogP contribution < -0.4 is 14.4 Å². The van der Waals surface area contributed by atoms with E-state index in [0.29, 0.717) is 29.6 Å². The fourth-order valence-electron chi connectivity index (χ4n) is 3.93. The summed E-state index contributed by atoms with van der Waals surface area (Å²) in [5.41, 5.74) is 3.65. The Kier molecular flexibility index (Phi) is 5.60. The summed E-state index contributed by atoms with van der Waals surface area (Å²) in [6.07, 6.45) is 0.220. The van der Waals surface area contributed by atoms with E-state index in [9.17, 15) is 10.1 Å². The zero-order chi connectivity index (χ0) is 21.3. The van der Waals surface area contributed by atoms with Crippen LogP contribution in [0, 0.1) is 18.3 Å². The smallest absolute Gasteiger partial charge is 0.229 e. The highest BCUT2D eigenvalue weighted by atomic mass is 32.2. The van der Waals surface area contributed by atoms with Crippen molar-refractivity contribution in [1.29, 1.82) is 5.26 Å². The molecule has 154 valence electrons. The van der Waals surface area contributed by atoms with E-state index in [1.165, 1.54) is 17.3 Å². The molecule has 0 bridgehead atoms. The summed E-state index contributed by atoms with van der Waals surface area (Å²) in [7, 11) is 3.19. The first-order valence-corrected chi connectivity index (χ1v) is 10.6. The van der Waals surface area contributed by atoms with Crippen molar-refractivity contribution < 1.29 is 14.3 Å². The summed E-state index contributed by atoms with van der Waals surface area (Å²) in [5.74, 6) is 1.65. The summed E-state index contributed by atoms with van der Waals surface area (Å²) in [4.78, 5) is 17.0. The fourth-order valence-corrected chi connectivity index (χ4v) is 5.10. The highest BCUT2D eigenvalue weighted by Crippen LogP contribution is 2.46. The van der Waals surface area contributed by atoms with E-state index in [4.69, 9.17) is 9.47 Å². The zero-order valence-corrected chi connectivity index (χ0v) is 18.0. The van der Waals surface area contributed by atoms with Crippen LogP contribution >= 0.6 is 11.8 Å². The van der Waals surface area contributed by atoms with Gasteiger partial charge in [0.25, 0.3) is 0 Å². The number of amides is 1. The van der Waals surface area contributed by atoms with E-state index >= 15 is 0 Å². The molecule has 2 heterocycles. The average molecular weight is 422 g/mol. The second kappa shape index (κ2) is 8.33. The van der Waals surface area contributed by atoms with Crippen LogP contribution in [0.4, 0.5) is 5.69 Å². The van der Waals surface area contributed by atoms with Crippen molar-refractivity contribution in [2.75, 3.05) is 31.7 Å². The lowest BCUT2D eigenvalue weighted by molar-refractivity contribution is -0.129. The molecule has 0 saturated carbocycles. The molecule has 0 aliphatic carbocycles. The molecule has 0 aromatic heterocycles. The molecule has 6 nitrogen and oxygen atoms in total. The molecule has 0 radical (unpaired) electrons. The minimum absolute atomic E-state index is 0.00345. The van der Waals surface area contributed by atoms with Gasteiger partial charge in [-0.25, -0.2) is 0 Å². The van der Waals surface area contributed by atoms with Gasteiger partial charge in [-0.1, -0.05) is 23.9 Å². The van der Waals surface area contributed by atoms with Gasteiger partial charge in [0.15, 0.2) is 0 Å². The van der Waals surface area contributed by atoms with E-state index in [-0.39, 0.29) is 18.2 Å². The Balaban J connectivity index is 1.71. The number of hydrogen-bond acceptors (Lipinski definition) is 6. The van der Waals surface area contributed by atoms with Crippen LogP contribution in [0.2, 0.25) is 0 Å². The molecule has 1 saturated heterocycles. The average Bonchev–Trinajstić information content (AvgIpc) is 2.78. The number of allylic oxidation sites excluding steroid dienone is 1. The number of nitrogens with zero attached hydrogens (tertiary/aromatic N) is 3. The van der Waals surface area contributed by atoms with E-state index < -0.39 is 0 Å². The largest absolute Gasteiger partial charge is 0.497 e. The van der Waals surface area contributed by atoms with Crippen LogP contribution in [0.1, 0.15) is 23.5 Å². The molecule has 1 atom stereocenters. The summed E-state index contributed by atoms with van der Waals surface area (Å²) in [6, 6.07) is 16.1. The Morgan fingerprint density at radius 1 is 1.17 bits per heavy atom. The van der Waals surface area contributed by atoms with Gasteiger partial charge in [0, 0.05) is 23.6 Å². The molecule has 0 spiro atoms. The molecule has 1 amide bonds. The summed E-state index contributed by atoms with van der Waals surface area (Å²) in [6.45, 7) is 2.50. The lowest BCUT2D eigenvalue weighted by Crippen LogP contribution is -2.47. The molecule has 1 fully saturated rings. The molecular formula is C23H23N3O3S. The number of ether oxygens (including phenoxy) is 2. The molecule has 7 heteroatoms. The van der Waals surface area contributed by atoms with Crippen molar-refractivity contribution in [3.05, 3.63) is 64.2 Å². The number of anilines is 1. The summed E-state index contributed by atoms with van der Waals surface area (Å²) < 4.78 is 10.9. The first kappa shape index (κ1) is 20.2. The number of rotatable bonds is 4. The fraction of sp³-hybridized carbons (Fsp3) is 0.304. The van der Waals surface area contributed by atoms with Gasteiger partial charge in [0.1, 0.15) is 11.5 Å². The van der Waals surface area contributed by atoms with E-state index in [2.05, 4.69) is 30.0 Å². The number of fused-ring (bicyclic) bond motifs is 1. The topological polar surface area (TPSA) is 65.8 Å². The number of carbonyl (C=O) groups excluding carboxylic acids is 1.